The third kappa shape index (κ3) is 3.35. The van der Waals surface area contributed by atoms with Gasteiger partial charge in [-0.2, -0.15) is 9.97 Å². The lowest BCUT2D eigenvalue weighted by molar-refractivity contribution is 0.475. The molecule has 0 spiro atoms. The van der Waals surface area contributed by atoms with Gasteiger partial charge in [-0.1, -0.05) is 11.6 Å². The van der Waals surface area contributed by atoms with Gasteiger partial charge in [0.15, 0.2) is 17.0 Å². The van der Waals surface area contributed by atoms with Gasteiger partial charge in [-0.3, -0.25) is 4.57 Å². The van der Waals surface area contributed by atoms with Gasteiger partial charge in [0.25, 0.3) is 0 Å². The number of imidazole rings is 1. The summed E-state index contributed by atoms with van der Waals surface area (Å²) >= 11 is 6.01. The van der Waals surface area contributed by atoms with Crippen molar-refractivity contribution in [2.75, 3.05) is 41.7 Å². The van der Waals surface area contributed by atoms with E-state index < -0.39 is 0 Å². The second-order valence-corrected chi connectivity index (χ2v) is 7.60. The summed E-state index contributed by atoms with van der Waals surface area (Å²) < 4.78 is 1.89. The van der Waals surface area contributed by atoms with E-state index in [1.807, 2.05) is 41.0 Å². The molecule has 0 aliphatic carbocycles. The average Bonchev–Trinajstić information content (AvgIpc) is 3.20. The Balaban J connectivity index is 1.42. The Hall–Kier alpha value is -3.52. The van der Waals surface area contributed by atoms with E-state index >= 15 is 0 Å². The number of piperazine rings is 1. The molecule has 0 saturated carbocycles. The third-order valence-corrected chi connectivity index (χ3v) is 5.55. The van der Waals surface area contributed by atoms with Gasteiger partial charge in [0.2, 0.25) is 5.95 Å². The Kier molecular flexibility index (Phi) is 4.55. The number of phenolic OH excluding ortho intramolecular Hbond substituents is 1. The molecule has 2 aromatic heterocycles. The predicted octanol–water partition coefficient (Wildman–Crippen LogP) is 3.08. The molecular weight excluding hydrogens is 402 g/mol. The summed E-state index contributed by atoms with van der Waals surface area (Å²) in [6.07, 6.45) is 1.70. The van der Waals surface area contributed by atoms with Crippen molar-refractivity contribution < 1.29 is 5.11 Å². The third-order valence-electron chi connectivity index (χ3n) is 5.29. The highest BCUT2D eigenvalue weighted by atomic mass is 35.5. The normalized spacial score (nSPS) is 14.4. The molecular formula is C21H20ClN7O. The second-order valence-electron chi connectivity index (χ2n) is 7.16. The summed E-state index contributed by atoms with van der Waals surface area (Å²) in [6, 6.07) is 14.8. The standard InChI is InChI=1S/C21H20ClN7O/c22-14-1-3-16(4-2-14)29-13-24-18-19(23)25-21(26-20(18)29)28-11-9-27(10-12-28)15-5-7-17(30)8-6-15/h1-8,13,30H,9-12H2,(H2,23,25,26). The van der Waals surface area contributed by atoms with Crippen molar-refractivity contribution in [2.24, 2.45) is 0 Å². The Morgan fingerprint density at radius 2 is 1.47 bits per heavy atom. The van der Waals surface area contributed by atoms with Crippen LogP contribution in [0.5, 0.6) is 5.75 Å². The van der Waals surface area contributed by atoms with Crippen molar-refractivity contribution in [3.05, 3.63) is 59.9 Å². The van der Waals surface area contributed by atoms with E-state index in [2.05, 4.69) is 19.8 Å². The molecule has 2 aromatic carbocycles. The molecule has 9 heteroatoms. The first-order valence-corrected chi connectivity index (χ1v) is 10.0. The van der Waals surface area contributed by atoms with Crippen LogP contribution < -0.4 is 15.5 Å². The maximum absolute atomic E-state index is 9.49. The van der Waals surface area contributed by atoms with Crippen LogP contribution in [-0.2, 0) is 0 Å². The highest BCUT2D eigenvalue weighted by molar-refractivity contribution is 6.30. The lowest BCUT2D eigenvalue weighted by Gasteiger charge is -2.36. The van der Waals surface area contributed by atoms with Crippen molar-refractivity contribution in [3.63, 3.8) is 0 Å². The van der Waals surface area contributed by atoms with Crippen LogP contribution in [-0.4, -0.2) is 50.8 Å². The smallest absolute Gasteiger partial charge is 0.229 e. The molecule has 1 aliphatic rings. The maximum atomic E-state index is 9.49. The number of phenols is 1. The fourth-order valence-electron chi connectivity index (χ4n) is 3.67. The largest absolute Gasteiger partial charge is 0.508 e. The van der Waals surface area contributed by atoms with Crippen molar-refractivity contribution >= 4 is 40.2 Å². The molecule has 1 saturated heterocycles. The highest BCUT2D eigenvalue weighted by Gasteiger charge is 2.22. The van der Waals surface area contributed by atoms with E-state index in [1.165, 1.54) is 0 Å². The first-order chi connectivity index (χ1) is 14.6. The number of anilines is 3. The molecule has 0 atom stereocenters. The summed E-state index contributed by atoms with van der Waals surface area (Å²) in [5.74, 6) is 1.23. The molecule has 0 amide bonds. The average molecular weight is 422 g/mol. The van der Waals surface area contributed by atoms with Gasteiger partial charge in [0.05, 0.1) is 0 Å². The quantitative estimate of drug-likeness (QED) is 0.524. The molecule has 152 valence electrons. The number of benzene rings is 2. The molecule has 8 nitrogen and oxygen atoms in total. The zero-order chi connectivity index (χ0) is 20.7. The molecule has 30 heavy (non-hydrogen) atoms. The van der Waals surface area contributed by atoms with E-state index in [0.29, 0.717) is 28.0 Å². The minimum Gasteiger partial charge on any atom is -0.508 e. The zero-order valence-corrected chi connectivity index (χ0v) is 16.9. The number of nitrogens with zero attached hydrogens (tertiary/aromatic N) is 6. The Morgan fingerprint density at radius 1 is 0.833 bits per heavy atom. The lowest BCUT2D eigenvalue weighted by atomic mass is 10.2. The lowest BCUT2D eigenvalue weighted by Crippen LogP contribution is -2.47. The van der Waals surface area contributed by atoms with E-state index in [9.17, 15) is 5.11 Å². The Bertz CT molecular complexity index is 1180. The van der Waals surface area contributed by atoms with Crippen LogP contribution in [0, 0.1) is 0 Å². The van der Waals surface area contributed by atoms with Gasteiger partial charge in [-0.05, 0) is 48.5 Å². The van der Waals surface area contributed by atoms with Gasteiger partial charge < -0.3 is 20.6 Å². The number of rotatable bonds is 3. The topological polar surface area (TPSA) is 96.3 Å². The fourth-order valence-corrected chi connectivity index (χ4v) is 3.80. The number of aromatic hydroxyl groups is 1. The number of nitrogens with two attached hydrogens (primary N) is 1. The number of hydrogen-bond donors (Lipinski definition) is 2. The summed E-state index contributed by atoms with van der Waals surface area (Å²) in [7, 11) is 0. The first kappa shape index (κ1) is 18.5. The van der Waals surface area contributed by atoms with Gasteiger partial charge in [0, 0.05) is 42.6 Å². The van der Waals surface area contributed by atoms with Crippen LogP contribution in [0.3, 0.4) is 0 Å². The van der Waals surface area contributed by atoms with E-state index in [4.69, 9.17) is 22.3 Å². The van der Waals surface area contributed by atoms with Crippen LogP contribution in [0.15, 0.2) is 54.9 Å². The second kappa shape index (κ2) is 7.38. The van der Waals surface area contributed by atoms with E-state index in [1.54, 1.807) is 18.5 Å². The van der Waals surface area contributed by atoms with Crippen LogP contribution >= 0.6 is 11.6 Å². The van der Waals surface area contributed by atoms with Crippen LogP contribution in [0.1, 0.15) is 0 Å². The van der Waals surface area contributed by atoms with Crippen LogP contribution in [0.25, 0.3) is 16.9 Å². The number of aromatic nitrogens is 4. The molecule has 4 aromatic rings. The number of halogens is 1. The SMILES string of the molecule is Nc1nc(N2CCN(c3ccc(O)cc3)CC2)nc2c1ncn2-c1ccc(Cl)cc1. The molecule has 0 radical (unpaired) electrons. The Morgan fingerprint density at radius 3 is 2.17 bits per heavy atom. The highest BCUT2D eigenvalue weighted by Crippen LogP contribution is 2.25. The van der Waals surface area contributed by atoms with E-state index in [0.717, 1.165) is 37.6 Å². The summed E-state index contributed by atoms with van der Waals surface area (Å²) in [5.41, 5.74) is 9.44. The molecule has 5 rings (SSSR count). The van der Waals surface area contributed by atoms with Crippen molar-refractivity contribution in [1.29, 1.82) is 0 Å². The zero-order valence-electron chi connectivity index (χ0n) is 16.1. The van der Waals surface area contributed by atoms with Gasteiger partial charge in [0.1, 0.15) is 12.1 Å². The van der Waals surface area contributed by atoms with Crippen molar-refractivity contribution in [2.45, 2.75) is 0 Å². The minimum absolute atomic E-state index is 0.270. The Labute approximate surface area is 178 Å². The minimum atomic E-state index is 0.270. The van der Waals surface area contributed by atoms with Gasteiger partial charge >= 0.3 is 0 Å². The number of fused-ring (bicyclic) bond motifs is 1. The molecule has 3 heterocycles. The van der Waals surface area contributed by atoms with Crippen LogP contribution in [0.2, 0.25) is 5.02 Å². The molecule has 0 bridgehead atoms. The van der Waals surface area contributed by atoms with Gasteiger partial charge in [-0.25, -0.2) is 4.98 Å². The number of nitrogen functional groups attached to an aromatic ring is 1. The fraction of sp³-hybridized carbons (Fsp3) is 0.190. The summed E-state index contributed by atoms with van der Waals surface area (Å²) in [4.78, 5) is 18.1. The first-order valence-electron chi connectivity index (χ1n) is 9.64. The van der Waals surface area contributed by atoms with E-state index in [-0.39, 0.29) is 5.75 Å². The van der Waals surface area contributed by atoms with Crippen LogP contribution in [0.4, 0.5) is 17.5 Å². The predicted molar refractivity (Wildman–Crippen MR) is 119 cm³/mol. The monoisotopic (exact) mass is 421 g/mol. The molecule has 3 N–H and O–H groups in total. The maximum Gasteiger partial charge on any atom is 0.229 e. The van der Waals surface area contributed by atoms with Crippen molar-refractivity contribution in [1.82, 2.24) is 19.5 Å². The molecule has 0 unspecified atom stereocenters. The molecule has 1 fully saturated rings. The number of hydrogen-bond acceptors (Lipinski definition) is 7. The summed E-state index contributed by atoms with van der Waals surface area (Å²) in [6.45, 7) is 3.17. The van der Waals surface area contributed by atoms with Crippen molar-refractivity contribution in [3.8, 4) is 11.4 Å². The van der Waals surface area contributed by atoms with Gasteiger partial charge in [-0.15, -0.1) is 0 Å². The summed E-state index contributed by atoms with van der Waals surface area (Å²) in [5, 5.41) is 10.2. The molecule has 1 aliphatic heterocycles.